The topological polar surface area (TPSA) is 64.9 Å². The molecule has 6 nitrogen and oxygen atoms in total. The molecule has 1 atom stereocenters. The number of hydrogen-bond donors (Lipinski definition) is 1. The number of nitrogens with zero attached hydrogens (tertiary/aromatic N) is 4. The van der Waals surface area contributed by atoms with E-state index in [0.29, 0.717) is 12.2 Å². The first-order valence-corrected chi connectivity index (χ1v) is 6.03. The molecule has 108 valence electrons. The van der Waals surface area contributed by atoms with Crippen molar-refractivity contribution in [1.82, 2.24) is 25.5 Å². The molecule has 1 aromatic heterocycles. The Morgan fingerprint density at radius 2 is 2.00 bits per heavy atom. The standard InChI is InChI=1S/C12H15F2N5O/c1-15-10(7-11-16-18-19(2)17-11)8-3-5-9(6-4-8)20-12(13)14/h3-6,10,12,15H,7H2,1-2H3. The molecule has 1 aromatic carbocycles. The fourth-order valence-electron chi connectivity index (χ4n) is 1.86. The van der Waals surface area contributed by atoms with Crippen LogP contribution in [0.25, 0.3) is 0 Å². The van der Waals surface area contributed by atoms with Crippen molar-refractivity contribution in [2.24, 2.45) is 7.05 Å². The van der Waals surface area contributed by atoms with Crippen molar-refractivity contribution in [2.75, 3.05) is 7.05 Å². The van der Waals surface area contributed by atoms with Crippen molar-refractivity contribution in [3.63, 3.8) is 0 Å². The Kier molecular flexibility index (Phi) is 4.57. The molecule has 1 N–H and O–H groups in total. The van der Waals surface area contributed by atoms with E-state index in [9.17, 15) is 8.78 Å². The average Bonchev–Trinajstić information content (AvgIpc) is 2.82. The highest BCUT2D eigenvalue weighted by Gasteiger charge is 2.14. The second-order valence-electron chi connectivity index (χ2n) is 4.19. The van der Waals surface area contributed by atoms with Crippen LogP contribution >= 0.6 is 0 Å². The van der Waals surface area contributed by atoms with Crippen molar-refractivity contribution < 1.29 is 13.5 Å². The maximum atomic E-state index is 12.1. The van der Waals surface area contributed by atoms with E-state index in [1.807, 2.05) is 7.05 Å². The maximum absolute atomic E-state index is 12.1. The number of benzene rings is 1. The number of ether oxygens (including phenoxy) is 1. The van der Waals surface area contributed by atoms with Crippen LogP contribution in [-0.4, -0.2) is 33.9 Å². The van der Waals surface area contributed by atoms with Crippen LogP contribution in [0.3, 0.4) is 0 Å². The van der Waals surface area contributed by atoms with Gasteiger partial charge >= 0.3 is 6.61 Å². The minimum atomic E-state index is -2.82. The summed E-state index contributed by atoms with van der Waals surface area (Å²) in [5, 5.41) is 14.9. The van der Waals surface area contributed by atoms with Gasteiger partial charge in [-0.25, -0.2) is 0 Å². The van der Waals surface area contributed by atoms with Gasteiger partial charge in [-0.3, -0.25) is 0 Å². The largest absolute Gasteiger partial charge is 0.435 e. The van der Waals surface area contributed by atoms with Gasteiger partial charge in [-0.1, -0.05) is 12.1 Å². The summed E-state index contributed by atoms with van der Waals surface area (Å²) in [6.45, 7) is -2.82. The van der Waals surface area contributed by atoms with Crippen LogP contribution in [0, 0.1) is 0 Å². The molecule has 0 spiro atoms. The Hall–Kier alpha value is -2.09. The van der Waals surface area contributed by atoms with Gasteiger partial charge in [-0.2, -0.15) is 13.6 Å². The van der Waals surface area contributed by atoms with Gasteiger partial charge in [0.25, 0.3) is 0 Å². The third kappa shape index (κ3) is 3.70. The molecule has 0 radical (unpaired) electrons. The monoisotopic (exact) mass is 283 g/mol. The summed E-state index contributed by atoms with van der Waals surface area (Å²) in [7, 11) is 3.51. The molecule has 0 aliphatic carbocycles. The first kappa shape index (κ1) is 14.3. The average molecular weight is 283 g/mol. The van der Waals surface area contributed by atoms with Gasteiger partial charge in [-0.05, 0) is 30.0 Å². The Morgan fingerprint density at radius 3 is 2.50 bits per heavy atom. The van der Waals surface area contributed by atoms with Crippen LogP contribution in [0.4, 0.5) is 8.78 Å². The lowest BCUT2D eigenvalue weighted by Gasteiger charge is -2.15. The van der Waals surface area contributed by atoms with E-state index >= 15 is 0 Å². The van der Waals surface area contributed by atoms with Crippen LogP contribution in [0.1, 0.15) is 17.4 Å². The number of tetrazole rings is 1. The molecule has 0 amide bonds. The molecule has 0 saturated heterocycles. The van der Waals surface area contributed by atoms with Crippen molar-refractivity contribution in [2.45, 2.75) is 19.1 Å². The van der Waals surface area contributed by atoms with Crippen LogP contribution in [0.2, 0.25) is 0 Å². The van der Waals surface area contributed by atoms with E-state index in [1.165, 1.54) is 16.9 Å². The Morgan fingerprint density at radius 1 is 1.30 bits per heavy atom. The quantitative estimate of drug-likeness (QED) is 0.866. The van der Waals surface area contributed by atoms with Gasteiger partial charge in [0.2, 0.25) is 0 Å². The molecular weight excluding hydrogens is 268 g/mol. The lowest BCUT2D eigenvalue weighted by molar-refractivity contribution is -0.0498. The van der Waals surface area contributed by atoms with E-state index in [2.05, 4.69) is 25.5 Å². The highest BCUT2D eigenvalue weighted by atomic mass is 19.3. The number of nitrogens with one attached hydrogen (secondary N) is 1. The van der Waals surface area contributed by atoms with Crippen LogP contribution in [0.15, 0.2) is 24.3 Å². The minimum Gasteiger partial charge on any atom is -0.435 e. The Labute approximate surface area is 114 Å². The van der Waals surface area contributed by atoms with Crippen molar-refractivity contribution >= 4 is 0 Å². The number of aromatic nitrogens is 4. The van der Waals surface area contributed by atoms with Gasteiger partial charge in [0, 0.05) is 12.5 Å². The number of rotatable bonds is 6. The zero-order chi connectivity index (χ0) is 14.5. The first-order chi connectivity index (χ1) is 9.58. The lowest BCUT2D eigenvalue weighted by Crippen LogP contribution is -2.19. The zero-order valence-electron chi connectivity index (χ0n) is 11.1. The molecule has 1 heterocycles. The summed E-state index contributed by atoms with van der Waals surface area (Å²) < 4.78 is 28.5. The summed E-state index contributed by atoms with van der Waals surface area (Å²) >= 11 is 0. The second-order valence-corrected chi connectivity index (χ2v) is 4.19. The molecule has 0 aliphatic heterocycles. The fourth-order valence-corrected chi connectivity index (χ4v) is 1.86. The summed E-state index contributed by atoms with van der Waals surface area (Å²) in [5.41, 5.74) is 0.932. The summed E-state index contributed by atoms with van der Waals surface area (Å²) in [5.74, 6) is 0.746. The molecule has 2 rings (SSSR count). The van der Waals surface area contributed by atoms with Crippen LogP contribution < -0.4 is 10.1 Å². The third-order valence-corrected chi connectivity index (χ3v) is 2.79. The van der Waals surface area contributed by atoms with E-state index < -0.39 is 6.61 Å². The highest BCUT2D eigenvalue weighted by molar-refractivity contribution is 5.29. The Bertz CT molecular complexity index is 543. The Balaban J connectivity index is 2.07. The number of likely N-dealkylation sites (N-methyl/N-ethyl adjacent to an activating group) is 1. The van der Waals surface area contributed by atoms with E-state index in [0.717, 1.165) is 5.56 Å². The van der Waals surface area contributed by atoms with Crippen molar-refractivity contribution in [3.8, 4) is 5.75 Å². The van der Waals surface area contributed by atoms with Crippen molar-refractivity contribution in [3.05, 3.63) is 35.7 Å². The third-order valence-electron chi connectivity index (χ3n) is 2.79. The number of aryl methyl sites for hydroxylation is 1. The number of halogens is 2. The normalized spacial score (nSPS) is 12.7. The molecule has 0 aliphatic rings. The highest BCUT2D eigenvalue weighted by Crippen LogP contribution is 2.21. The van der Waals surface area contributed by atoms with Crippen LogP contribution in [0.5, 0.6) is 5.75 Å². The molecular formula is C12H15F2N5O. The fraction of sp³-hybridized carbons (Fsp3) is 0.417. The molecule has 2 aromatic rings. The molecule has 0 bridgehead atoms. The zero-order valence-corrected chi connectivity index (χ0v) is 11.1. The number of hydrogen-bond acceptors (Lipinski definition) is 5. The molecule has 1 unspecified atom stereocenters. The molecule has 0 fully saturated rings. The minimum absolute atomic E-state index is 0.0280. The second kappa shape index (κ2) is 6.38. The van der Waals surface area contributed by atoms with Gasteiger partial charge in [-0.15, -0.1) is 10.2 Å². The van der Waals surface area contributed by atoms with E-state index in [1.54, 1.807) is 19.2 Å². The predicted molar refractivity (Wildman–Crippen MR) is 67.4 cm³/mol. The number of alkyl halides is 2. The molecule has 0 saturated carbocycles. The lowest BCUT2D eigenvalue weighted by atomic mass is 10.0. The smallest absolute Gasteiger partial charge is 0.387 e. The van der Waals surface area contributed by atoms with Gasteiger partial charge < -0.3 is 10.1 Å². The molecule has 20 heavy (non-hydrogen) atoms. The molecule has 8 heteroatoms. The first-order valence-electron chi connectivity index (χ1n) is 6.03. The van der Waals surface area contributed by atoms with Gasteiger partial charge in [0.05, 0.1) is 7.05 Å². The van der Waals surface area contributed by atoms with Gasteiger partial charge in [0.15, 0.2) is 5.82 Å². The SMILES string of the molecule is CNC(Cc1nnn(C)n1)c1ccc(OC(F)F)cc1. The van der Waals surface area contributed by atoms with Crippen molar-refractivity contribution in [1.29, 1.82) is 0 Å². The van der Waals surface area contributed by atoms with Gasteiger partial charge in [0.1, 0.15) is 5.75 Å². The van der Waals surface area contributed by atoms with Crippen LogP contribution in [-0.2, 0) is 13.5 Å². The van der Waals surface area contributed by atoms with E-state index in [4.69, 9.17) is 0 Å². The summed E-state index contributed by atoms with van der Waals surface area (Å²) in [6.07, 6.45) is 0.555. The summed E-state index contributed by atoms with van der Waals surface area (Å²) in [4.78, 5) is 1.39. The van der Waals surface area contributed by atoms with E-state index in [-0.39, 0.29) is 11.8 Å². The summed E-state index contributed by atoms with van der Waals surface area (Å²) in [6, 6.07) is 6.45. The predicted octanol–water partition coefficient (Wildman–Crippen LogP) is 1.31. The maximum Gasteiger partial charge on any atom is 0.387 e.